The zero-order valence-electron chi connectivity index (χ0n) is 10.8. The van der Waals surface area contributed by atoms with Crippen LogP contribution >= 0.6 is 0 Å². The molecule has 0 aromatic carbocycles. The van der Waals surface area contributed by atoms with Gasteiger partial charge >= 0.3 is 6.09 Å². The molecule has 0 spiro atoms. The third kappa shape index (κ3) is 4.81. The summed E-state index contributed by atoms with van der Waals surface area (Å²) in [6.07, 6.45) is 1.50. The Bertz CT molecular complexity index is 213. The lowest BCUT2D eigenvalue weighted by Crippen LogP contribution is -2.40. The lowest BCUT2D eigenvalue weighted by molar-refractivity contribution is -0.0305. The zero-order valence-corrected chi connectivity index (χ0v) is 10.8. The predicted molar refractivity (Wildman–Crippen MR) is 61.1 cm³/mol. The fourth-order valence-corrected chi connectivity index (χ4v) is 1.51. The predicted octanol–water partition coefficient (Wildman–Crippen LogP) is 1.60. The Morgan fingerprint density at radius 3 is 2.38 bits per heavy atom. The molecular weight excluding hydrogens is 210 g/mol. The molecule has 1 rings (SSSR count). The Morgan fingerprint density at radius 1 is 1.38 bits per heavy atom. The normalized spacial score (nSPS) is 20.1. The maximum Gasteiger partial charge on any atom is 0.412 e. The van der Waals surface area contributed by atoms with Crippen molar-refractivity contribution in [1.82, 2.24) is 4.90 Å². The number of rotatable bonds is 1. The quantitative estimate of drug-likeness (QED) is 0.747. The number of aliphatic hydroxyl groups excluding tert-OH is 1. The van der Waals surface area contributed by atoms with Gasteiger partial charge in [0, 0.05) is 20.8 Å². The summed E-state index contributed by atoms with van der Waals surface area (Å²) in [6.45, 7) is 6.32. The summed E-state index contributed by atoms with van der Waals surface area (Å²) in [5.74, 6) is 0. The van der Waals surface area contributed by atoms with Crippen molar-refractivity contribution in [3.63, 3.8) is 0 Å². The number of nitrogens with zero attached hydrogens (tertiary/aromatic N) is 1. The van der Waals surface area contributed by atoms with E-state index in [0.717, 1.165) is 26.5 Å². The molecule has 1 atom stereocenters. The molecule has 1 N–H and O–H groups in total. The molecule has 0 aromatic rings. The third-order valence-corrected chi connectivity index (χ3v) is 2.10. The molecule has 1 aliphatic heterocycles. The number of methoxy groups -OCH3 is 1. The van der Waals surface area contributed by atoms with Gasteiger partial charge in [-0.25, -0.2) is 4.79 Å². The van der Waals surface area contributed by atoms with Gasteiger partial charge in [0.2, 0.25) is 0 Å². The number of carbonyl (C=O) groups is 1. The Hall–Kier alpha value is -0.810. The number of hydrogen-bond acceptors (Lipinski definition) is 4. The SMILES string of the molecule is CO.CO[C@@H]1CCCN1C(=O)OC(C)(C)C. The van der Waals surface area contributed by atoms with E-state index in [0.29, 0.717) is 0 Å². The van der Waals surface area contributed by atoms with E-state index in [4.69, 9.17) is 14.6 Å². The fourth-order valence-electron chi connectivity index (χ4n) is 1.51. The monoisotopic (exact) mass is 233 g/mol. The van der Waals surface area contributed by atoms with E-state index in [1.54, 1.807) is 12.0 Å². The van der Waals surface area contributed by atoms with Crippen molar-refractivity contribution in [2.24, 2.45) is 0 Å². The van der Waals surface area contributed by atoms with Gasteiger partial charge in [0.25, 0.3) is 0 Å². The summed E-state index contributed by atoms with van der Waals surface area (Å²) in [4.78, 5) is 13.3. The van der Waals surface area contributed by atoms with E-state index in [1.807, 2.05) is 20.8 Å². The summed E-state index contributed by atoms with van der Waals surface area (Å²) in [5.41, 5.74) is -0.433. The maximum atomic E-state index is 11.7. The molecule has 5 nitrogen and oxygen atoms in total. The average Bonchev–Trinajstić information content (AvgIpc) is 2.66. The highest BCUT2D eigenvalue weighted by Gasteiger charge is 2.31. The summed E-state index contributed by atoms with van der Waals surface area (Å²) >= 11 is 0. The Labute approximate surface area is 97.3 Å². The van der Waals surface area contributed by atoms with Crippen molar-refractivity contribution >= 4 is 6.09 Å². The molecule has 0 radical (unpaired) electrons. The Kier molecular flexibility index (Phi) is 6.36. The Morgan fingerprint density at radius 2 is 1.94 bits per heavy atom. The van der Waals surface area contributed by atoms with Gasteiger partial charge in [-0.2, -0.15) is 0 Å². The van der Waals surface area contributed by atoms with Gasteiger partial charge in [0.15, 0.2) is 0 Å². The molecule has 0 aromatic heterocycles. The van der Waals surface area contributed by atoms with Crippen molar-refractivity contribution in [2.75, 3.05) is 20.8 Å². The molecule has 1 fully saturated rings. The largest absolute Gasteiger partial charge is 0.444 e. The van der Waals surface area contributed by atoms with E-state index in [2.05, 4.69) is 0 Å². The first-order valence-corrected chi connectivity index (χ1v) is 5.41. The highest BCUT2D eigenvalue weighted by atomic mass is 16.6. The summed E-state index contributed by atoms with van der Waals surface area (Å²) in [6, 6.07) is 0. The van der Waals surface area contributed by atoms with Crippen LogP contribution in [0.25, 0.3) is 0 Å². The molecule has 16 heavy (non-hydrogen) atoms. The van der Waals surface area contributed by atoms with Gasteiger partial charge in [0.1, 0.15) is 11.8 Å². The van der Waals surface area contributed by atoms with E-state index >= 15 is 0 Å². The highest BCUT2D eigenvalue weighted by molar-refractivity contribution is 5.68. The minimum Gasteiger partial charge on any atom is -0.444 e. The van der Waals surface area contributed by atoms with E-state index < -0.39 is 5.60 Å². The van der Waals surface area contributed by atoms with E-state index in [9.17, 15) is 4.79 Å². The average molecular weight is 233 g/mol. The van der Waals surface area contributed by atoms with Gasteiger partial charge in [-0.3, -0.25) is 4.90 Å². The minimum atomic E-state index is -0.433. The molecule has 0 unspecified atom stereocenters. The van der Waals surface area contributed by atoms with Crippen LogP contribution in [0, 0.1) is 0 Å². The van der Waals surface area contributed by atoms with Gasteiger partial charge in [-0.1, -0.05) is 0 Å². The Balaban J connectivity index is 0.00000106. The van der Waals surface area contributed by atoms with Gasteiger partial charge in [0.05, 0.1) is 0 Å². The second kappa shape index (κ2) is 6.70. The molecular formula is C11H23NO4. The van der Waals surface area contributed by atoms with Crippen LogP contribution in [-0.4, -0.2) is 48.7 Å². The lowest BCUT2D eigenvalue weighted by atomic mass is 10.2. The van der Waals surface area contributed by atoms with Gasteiger partial charge in [-0.15, -0.1) is 0 Å². The molecule has 1 amide bonds. The second-order valence-corrected chi connectivity index (χ2v) is 4.51. The van der Waals surface area contributed by atoms with Crippen LogP contribution in [0.3, 0.4) is 0 Å². The van der Waals surface area contributed by atoms with Crippen molar-refractivity contribution in [1.29, 1.82) is 0 Å². The first-order valence-electron chi connectivity index (χ1n) is 5.41. The van der Waals surface area contributed by atoms with Crippen LogP contribution in [0.15, 0.2) is 0 Å². The highest BCUT2D eigenvalue weighted by Crippen LogP contribution is 2.20. The molecule has 1 aliphatic rings. The smallest absolute Gasteiger partial charge is 0.412 e. The summed E-state index contributed by atoms with van der Waals surface area (Å²) < 4.78 is 10.4. The fraction of sp³-hybridized carbons (Fsp3) is 0.909. The minimum absolute atomic E-state index is 0.107. The lowest BCUT2D eigenvalue weighted by Gasteiger charge is -2.27. The standard InChI is InChI=1S/C10H19NO3.CH4O/c1-10(2,3)14-9(12)11-7-5-6-8(11)13-4;1-2/h8H,5-7H2,1-4H3;2H,1H3/t8-;/m1./s1. The molecule has 1 saturated heterocycles. The first-order chi connectivity index (χ1) is 7.44. The van der Waals surface area contributed by atoms with E-state index in [1.165, 1.54) is 0 Å². The maximum absolute atomic E-state index is 11.7. The molecule has 0 saturated carbocycles. The molecule has 0 bridgehead atoms. The summed E-state index contributed by atoms with van der Waals surface area (Å²) in [7, 11) is 2.62. The van der Waals surface area contributed by atoms with Crippen molar-refractivity contribution in [3.8, 4) is 0 Å². The second-order valence-electron chi connectivity index (χ2n) is 4.51. The number of likely N-dealkylation sites (tertiary alicyclic amines) is 1. The van der Waals surface area contributed by atoms with Crippen molar-refractivity contribution in [2.45, 2.75) is 45.4 Å². The van der Waals surface area contributed by atoms with Crippen molar-refractivity contribution in [3.05, 3.63) is 0 Å². The van der Waals surface area contributed by atoms with Crippen LogP contribution in [0.1, 0.15) is 33.6 Å². The number of ether oxygens (including phenoxy) is 2. The summed E-state index contributed by atoms with van der Waals surface area (Å²) in [5, 5.41) is 7.00. The first kappa shape index (κ1) is 15.2. The van der Waals surface area contributed by atoms with Crippen molar-refractivity contribution < 1.29 is 19.4 Å². The number of carbonyl (C=O) groups excluding carboxylic acids is 1. The van der Waals surface area contributed by atoms with E-state index in [-0.39, 0.29) is 12.3 Å². The zero-order chi connectivity index (χ0) is 12.8. The van der Waals surface area contributed by atoms with Crippen LogP contribution in [0.4, 0.5) is 4.79 Å². The van der Waals surface area contributed by atoms with Crippen LogP contribution < -0.4 is 0 Å². The molecule has 1 heterocycles. The number of amides is 1. The van der Waals surface area contributed by atoms with Crippen LogP contribution in [0.2, 0.25) is 0 Å². The van der Waals surface area contributed by atoms with Crippen LogP contribution in [0.5, 0.6) is 0 Å². The molecule has 0 aliphatic carbocycles. The number of aliphatic hydroxyl groups is 1. The molecule has 96 valence electrons. The van der Waals surface area contributed by atoms with Gasteiger partial charge < -0.3 is 14.6 Å². The van der Waals surface area contributed by atoms with Crippen LogP contribution in [-0.2, 0) is 9.47 Å². The third-order valence-electron chi connectivity index (χ3n) is 2.10. The topological polar surface area (TPSA) is 59.0 Å². The van der Waals surface area contributed by atoms with Gasteiger partial charge in [-0.05, 0) is 33.6 Å². The number of hydrogen-bond donors (Lipinski definition) is 1. The molecule has 5 heteroatoms.